The lowest BCUT2D eigenvalue weighted by atomic mass is 9.92. The van der Waals surface area contributed by atoms with Gasteiger partial charge in [0, 0.05) is 16.7 Å². The van der Waals surface area contributed by atoms with Crippen molar-refractivity contribution < 1.29 is 28.4 Å². The van der Waals surface area contributed by atoms with Crippen molar-refractivity contribution in [3.8, 4) is 56.8 Å². The molecule has 164 valence electrons. The van der Waals surface area contributed by atoms with E-state index in [1.165, 1.54) is 0 Å². The Morgan fingerprint density at radius 3 is 1.45 bits per heavy atom. The van der Waals surface area contributed by atoms with E-state index in [0.29, 0.717) is 34.5 Å². The highest BCUT2D eigenvalue weighted by Crippen LogP contribution is 2.50. The molecule has 1 unspecified atom stereocenters. The number of hydrogen-bond donors (Lipinski definition) is 0. The van der Waals surface area contributed by atoms with Crippen LogP contribution in [0.1, 0.15) is 0 Å². The molecule has 0 radical (unpaired) electrons. The largest absolute Gasteiger partial charge is 0.493 e. The van der Waals surface area contributed by atoms with Crippen molar-refractivity contribution >= 4 is 14.5 Å². The number of methoxy groups -OCH3 is 6. The van der Waals surface area contributed by atoms with E-state index >= 15 is 0 Å². The standard InChI is InChI=1S/C24H27O6P/c1-25-17-12-10-15(21(27-3)23(17)29-5)14-8-7-9-19(31)20(14)16-11-13-18(26-2)24(30-6)22(16)28-4/h7-13H,31H2,1-6H3. The minimum Gasteiger partial charge on any atom is -0.493 e. The summed E-state index contributed by atoms with van der Waals surface area (Å²) in [6.07, 6.45) is 0. The molecule has 0 bridgehead atoms. The number of rotatable bonds is 8. The molecule has 0 aliphatic rings. The quantitative estimate of drug-likeness (QED) is 0.477. The predicted molar refractivity (Wildman–Crippen MR) is 126 cm³/mol. The molecule has 0 aromatic heterocycles. The first-order valence-electron chi connectivity index (χ1n) is 9.53. The molecule has 6 nitrogen and oxygen atoms in total. The SMILES string of the molecule is COc1ccc(-c2cccc(P)c2-c2ccc(OC)c(OC)c2OC)c(OC)c1OC. The molecule has 0 spiro atoms. The highest BCUT2D eigenvalue weighted by molar-refractivity contribution is 7.28. The molecule has 0 aliphatic heterocycles. The van der Waals surface area contributed by atoms with Gasteiger partial charge in [0.25, 0.3) is 0 Å². The second-order valence-electron chi connectivity index (χ2n) is 6.53. The first kappa shape index (κ1) is 22.6. The van der Waals surface area contributed by atoms with Gasteiger partial charge in [-0.1, -0.05) is 18.2 Å². The van der Waals surface area contributed by atoms with Gasteiger partial charge in [-0.25, -0.2) is 0 Å². The van der Waals surface area contributed by atoms with E-state index in [-0.39, 0.29) is 0 Å². The summed E-state index contributed by atoms with van der Waals surface area (Å²) in [5.41, 5.74) is 3.61. The van der Waals surface area contributed by atoms with Gasteiger partial charge in [0.1, 0.15) is 0 Å². The van der Waals surface area contributed by atoms with Crippen molar-refractivity contribution in [1.82, 2.24) is 0 Å². The summed E-state index contributed by atoms with van der Waals surface area (Å²) in [5, 5.41) is 0.986. The fourth-order valence-electron chi connectivity index (χ4n) is 3.71. The molecular weight excluding hydrogens is 415 g/mol. The lowest BCUT2D eigenvalue weighted by Gasteiger charge is -2.21. The van der Waals surface area contributed by atoms with Crippen molar-refractivity contribution in [1.29, 1.82) is 0 Å². The summed E-state index contributed by atoms with van der Waals surface area (Å²) in [5.74, 6) is 3.41. The van der Waals surface area contributed by atoms with Gasteiger partial charge >= 0.3 is 0 Å². The number of ether oxygens (including phenoxy) is 6. The molecule has 7 heteroatoms. The van der Waals surface area contributed by atoms with Crippen molar-refractivity contribution in [3.05, 3.63) is 42.5 Å². The number of hydrogen-bond acceptors (Lipinski definition) is 6. The van der Waals surface area contributed by atoms with E-state index in [9.17, 15) is 0 Å². The van der Waals surface area contributed by atoms with Crippen LogP contribution in [0.15, 0.2) is 42.5 Å². The van der Waals surface area contributed by atoms with E-state index in [4.69, 9.17) is 28.4 Å². The zero-order valence-corrected chi connectivity index (χ0v) is 19.7. The molecule has 0 fully saturated rings. The van der Waals surface area contributed by atoms with Crippen LogP contribution in [0.5, 0.6) is 34.5 Å². The van der Waals surface area contributed by atoms with Crippen LogP contribution in [-0.4, -0.2) is 42.7 Å². The first-order chi connectivity index (χ1) is 15.1. The van der Waals surface area contributed by atoms with E-state index in [1.807, 2.05) is 42.5 Å². The van der Waals surface area contributed by atoms with Crippen molar-refractivity contribution in [2.45, 2.75) is 0 Å². The third-order valence-corrected chi connectivity index (χ3v) is 5.55. The summed E-state index contributed by atoms with van der Waals surface area (Å²) < 4.78 is 33.6. The second kappa shape index (κ2) is 9.80. The van der Waals surface area contributed by atoms with Crippen LogP contribution in [-0.2, 0) is 0 Å². The Morgan fingerprint density at radius 2 is 0.968 bits per heavy atom. The van der Waals surface area contributed by atoms with Gasteiger partial charge in [0.2, 0.25) is 11.5 Å². The normalized spacial score (nSPS) is 10.4. The van der Waals surface area contributed by atoms with Crippen LogP contribution < -0.4 is 33.7 Å². The minimum absolute atomic E-state index is 0.529. The Kier molecular flexibility index (Phi) is 7.13. The molecule has 0 saturated carbocycles. The summed E-state index contributed by atoms with van der Waals surface area (Å²) in [6.45, 7) is 0. The zero-order valence-electron chi connectivity index (χ0n) is 18.6. The van der Waals surface area contributed by atoms with E-state index < -0.39 is 0 Å². The summed E-state index contributed by atoms with van der Waals surface area (Å²) in [4.78, 5) is 0. The Labute approximate surface area is 185 Å². The average Bonchev–Trinajstić information content (AvgIpc) is 2.81. The molecule has 31 heavy (non-hydrogen) atoms. The van der Waals surface area contributed by atoms with Crippen molar-refractivity contribution in [3.63, 3.8) is 0 Å². The highest BCUT2D eigenvalue weighted by atomic mass is 31.0. The highest BCUT2D eigenvalue weighted by Gasteiger charge is 2.24. The maximum Gasteiger partial charge on any atom is 0.203 e. The van der Waals surface area contributed by atoms with Crippen LogP contribution in [0.25, 0.3) is 22.3 Å². The van der Waals surface area contributed by atoms with Crippen LogP contribution in [0.4, 0.5) is 0 Å². The van der Waals surface area contributed by atoms with E-state index in [0.717, 1.165) is 27.6 Å². The van der Waals surface area contributed by atoms with Crippen LogP contribution >= 0.6 is 9.24 Å². The topological polar surface area (TPSA) is 55.4 Å². The summed E-state index contributed by atoms with van der Waals surface area (Å²) in [6, 6.07) is 13.7. The molecule has 0 N–H and O–H groups in total. The van der Waals surface area contributed by atoms with Gasteiger partial charge in [-0.2, -0.15) is 0 Å². The zero-order chi connectivity index (χ0) is 22.5. The van der Waals surface area contributed by atoms with Crippen LogP contribution in [0.2, 0.25) is 0 Å². The molecule has 0 heterocycles. The monoisotopic (exact) mass is 442 g/mol. The lowest BCUT2D eigenvalue weighted by molar-refractivity contribution is 0.325. The minimum atomic E-state index is 0.529. The third kappa shape index (κ3) is 3.96. The third-order valence-electron chi connectivity index (χ3n) is 5.06. The molecule has 3 aromatic carbocycles. The molecule has 0 aliphatic carbocycles. The molecule has 3 aromatic rings. The van der Waals surface area contributed by atoms with Gasteiger partial charge in [-0.3, -0.25) is 0 Å². The predicted octanol–water partition coefficient (Wildman–Crippen LogP) is 4.57. The van der Waals surface area contributed by atoms with Crippen molar-refractivity contribution in [2.24, 2.45) is 0 Å². The average molecular weight is 442 g/mol. The van der Waals surface area contributed by atoms with Crippen LogP contribution in [0.3, 0.4) is 0 Å². The smallest absolute Gasteiger partial charge is 0.203 e. The fraction of sp³-hybridized carbons (Fsp3) is 0.250. The maximum absolute atomic E-state index is 5.76. The van der Waals surface area contributed by atoms with E-state index in [2.05, 4.69) is 9.24 Å². The molecular formula is C24H27O6P. The Balaban J connectivity index is 2.37. The van der Waals surface area contributed by atoms with Gasteiger partial charge in [-0.15, -0.1) is 9.24 Å². The van der Waals surface area contributed by atoms with Gasteiger partial charge in [0.05, 0.1) is 42.7 Å². The van der Waals surface area contributed by atoms with E-state index in [1.54, 1.807) is 42.7 Å². The van der Waals surface area contributed by atoms with Crippen LogP contribution in [0, 0.1) is 0 Å². The summed E-state index contributed by atoms with van der Waals surface area (Å²) in [7, 11) is 12.4. The fourth-order valence-corrected chi connectivity index (χ4v) is 4.13. The van der Waals surface area contributed by atoms with Gasteiger partial charge < -0.3 is 28.4 Å². The van der Waals surface area contributed by atoms with Gasteiger partial charge in [-0.05, 0) is 35.1 Å². The molecule has 3 rings (SSSR count). The molecule has 1 atom stereocenters. The molecule has 0 amide bonds. The lowest BCUT2D eigenvalue weighted by Crippen LogP contribution is -2.04. The first-order valence-corrected chi connectivity index (χ1v) is 10.1. The molecule has 0 saturated heterocycles. The Hall–Kier alpha value is -3.11. The van der Waals surface area contributed by atoms with Gasteiger partial charge in [0.15, 0.2) is 23.0 Å². The Morgan fingerprint density at radius 1 is 0.484 bits per heavy atom. The maximum atomic E-state index is 5.76. The van der Waals surface area contributed by atoms with Crippen molar-refractivity contribution in [2.75, 3.05) is 42.7 Å². The Bertz CT molecular complexity index is 1080. The number of benzene rings is 3. The summed E-state index contributed by atoms with van der Waals surface area (Å²) >= 11 is 0. The second-order valence-corrected chi connectivity index (χ2v) is 7.16.